The number of carbonyl (C=O) groups excluding carboxylic acids is 1. The van der Waals surface area contributed by atoms with Gasteiger partial charge in [-0.15, -0.1) is 0 Å². The third-order valence-electron chi connectivity index (χ3n) is 2.01. The highest BCUT2D eigenvalue weighted by Crippen LogP contribution is 1.80. The number of rotatable bonds is 12. The van der Waals surface area contributed by atoms with Gasteiger partial charge in [-0.25, -0.2) is 0 Å². The molecule has 0 radical (unpaired) electrons. The van der Waals surface area contributed by atoms with E-state index in [9.17, 15) is 4.79 Å². The maximum atomic E-state index is 11.3. The van der Waals surface area contributed by atoms with Crippen molar-refractivity contribution in [2.24, 2.45) is 0 Å². The van der Waals surface area contributed by atoms with Crippen LogP contribution in [0.5, 0.6) is 0 Å². The first-order valence-electron chi connectivity index (χ1n) is 5.96. The second-order valence-electron chi connectivity index (χ2n) is 3.56. The van der Waals surface area contributed by atoms with E-state index >= 15 is 0 Å². The summed E-state index contributed by atoms with van der Waals surface area (Å²) in [7, 11) is 1.64. The molecule has 0 aromatic rings. The molecule has 17 heavy (non-hydrogen) atoms. The second kappa shape index (κ2) is 13.4. The van der Waals surface area contributed by atoms with Crippen LogP contribution < -0.4 is 10.6 Å². The van der Waals surface area contributed by atoms with Crippen molar-refractivity contribution < 1.29 is 19.4 Å². The molecule has 0 aromatic carbocycles. The molecular weight excluding hydrogens is 224 g/mol. The molecule has 0 aliphatic rings. The van der Waals surface area contributed by atoms with Crippen molar-refractivity contribution >= 4 is 5.91 Å². The number of aliphatic hydroxyl groups is 1. The van der Waals surface area contributed by atoms with Crippen molar-refractivity contribution in [1.29, 1.82) is 0 Å². The van der Waals surface area contributed by atoms with E-state index in [1.165, 1.54) is 0 Å². The standard InChI is InChI=1S/C11H24N2O4/c1-16-7-3-5-13-11(15)10-12-4-2-8-17-9-6-14/h12,14H,2-10H2,1H3,(H,13,15). The number of methoxy groups -OCH3 is 1. The summed E-state index contributed by atoms with van der Waals surface area (Å²) in [6.07, 6.45) is 1.66. The van der Waals surface area contributed by atoms with Gasteiger partial charge in [-0.05, 0) is 19.4 Å². The highest BCUT2D eigenvalue weighted by atomic mass is 16.5. The molecule has 0 saturated carbocycles. The largest absolute Gasteiger partial charge is 0.394 e. The van der Waals surface area contributed by atoms with Gasteiger partial charge in [0.1, 0.15) is 0 Å². The zero-order valence-electron chi connectivity index (χ0n) is 10.5. The highest BCUT2D eigenvalue weighted by Gasteiger charge is 1.98. The predicted molar refractivity (Wildman–Crippen MR) is 64.9 cm³/mol. The molecule has 6 nitrogen and oxygen atoms in total. The zero-order chi connectivity index (χ0) is 12.8. The van der Waals surface area contributed by atoms with Crippen molar-refractivity contribution in [2.75, 3.05) is 53.2 Å². The molecule has 1 amide bonds. The summed E-state index contributed by atoms with van der Waals surface area (Å²) in [6, 6.07) is 0. The molecule has 0 saturated heterocycles. The lowest BCUT2D eigenvalue weighted by Crippen LogP contribution is -2.35. The summed E-state index contributed by atoms with van der Waals surface area (Å²) in [5.41, 5.74) is 0. The average molecular weight is 248 g/mol. The Hall–Kier alpha value is -0.690. The SMILES string of the molecule is COCCCNC(=O)CNCCCOCCO. The van der Waals surface area contributed by atoms with E-state index in [1.54, 1.807) is 7.11 Å². The lowest BCUT2D eigenvalue weighted by Gasteiger charge is -2.06. The Bertz CT molecular complexity index is 179. The van der Waals surface area contributed by atoms with Crippen molar-refractivity contribution in [3.63, 3.8) is 0 Å². The molecule has 0 rings (SSSR count). The fourth-order valence-corrected chi connectivity index (χ4v) is 1.17. The van der Waals surface area contributed by atoms with Crippen LogP contribution in [0.1, 0.15) is 12.8 Å². The Balaban J connectivity index is 3.11. The van der Waals surface area contributed by atoms with Crippen molar-refractivity contribution in [1.82, 2.24) is 10.6 Å². The fraction of sp³-hybridized carbons (Fsp3) is 0.909. The number of amides is 1. The average Bonchev–Trinajstić information content (AvgIpc) is 2.33. The summed E-state index contributed by atoms with van der Waals surface area (Å²) < 4.78 is 9.95. The molecule has 0 aliphatic carbocycles. The van der Waals surface area contributed by atoms with E-state index in [1.807, 2.05) is 0 Å². The van der Waals surface area contributed by atoms with Crippen LogP contribution in [-0.2, 0) is 14.3 Å². The zero-order valence-corrected chi connectivity index (χ0v) is 10.5. The van der Waals surface area contributed by atoms with Crippen molar-refractivity contribution in [3.8, 4) is 0 Å². The summed E-state index contributed by atoms with van der Waals surface area (Å²) in [4.78, 5) is 11.3. The Labute approximate surface area is 103 Å². The maximum Gasteiger partial charge on any atom is 0.233 e. The molecule has 0 aliphatic heterocycles. The van der Waals surface area contributed by atoms with Gasteiger partial charge in [-0.1, -0.05) is 0 Å². The molecule has 0 unspecified atom stereocenters. The first kappa shape index (κ1) is 16.3. The van der Waals surface area contributed by atoms with E-state index in [0.717, 1.165) is 19.4 Å². The number of aliphatic hydroxyl groups excluding tert-OH is 1. The number of ether oxygens (including phenoxy) is 2. The lowest BCUT2D eigenvalue weighted by molar-refractivity contribution is -0.120. The van der Waals surface area contributed by atoms with E-state index < -0.39 is 0 Å². The van der Waals surface area contributed by atoms with Gasteiger partial charge in [-0.3, -0.25) is 4.79 Å². The minimum Gasteiger partial charge on any atom is -0.394 e. The molecule has 3 N–H and O–H groups in total. The van der Waals surface area contributed by atoms with Gasteiger partial charge in [0.05, 0.1) is 19.8 Å². The lowest BCUT2D eigenvalue weighted by atomic mass is 10.4. The monoisotopic (exact) mass is 248 g/mol. The summed E-state index contributed by atoms with van der Waals surface area (Å²) in [5.74, 6) is -0.00243. The van der Waals surface area contributed by atoms with Crippen LogP contribution >= 0.6 is 0 Å². The van der Waals surface area contributed by atoms with E-state index in [4.69, 9.17) is 14.6 Å². The quantitative estimate of drug-likeness (QED) is 0.391. The van der Waals surface area contributed by atoms with Gasteiger partial charge in [-0.2, -0.15) is 0 Å². The molecule has 0 bridgehead atoms. The second-order valence-corrected chi connectivity index (χ2v) is 3.56. The molecule has 0 fully saturated rings. The topological polar surface area (TPSA) is 79.8 Å². The Morgan fingerprint density at radius 2 is 1.94 bits per heavy atom. The Morgan fingerprint density at radius 1 is 1.18 bits per heavy atom. The molecule has 0 aromatic heterocycles. The third kappa shape index (κ3) is 13.2. The van der Waals surface area contributed by atoms with Crippen LogP contribution in [0, 0.1) is 0 Å². The number of hydrogen-bond donors (Lipinski definition) is 3. The van der Waals surface area contributed by atoms with Gasteiger partial charge in [0.2, 0.25) is 5.91 Å². The minimum absolute atomic E-state index is 0.00243. The molecule has 102 valence electrons. The number of nitrogens with one attached hydrogen (secondary N) is 2. The van der Waals surface area contributed by atoms with Gasteiger partial charge in [0.25, 0.3) is 0 Å². The number of hydrogen-bond acceptors (Lipinski definition) is 5. The molecule has 0 spiro atoms. The van der Waals surface area contributed by atoms with Gasteiger partial charge >= 0.3 is 0 Å². The predicted octanol–water partition coefficient (Wildman–Crippen LogP) is -0.872. The van der Waals surface area contributed by atoms with Gasteiger partial charge in [0.15, 0.2) is 0 Å². The van der Waals surface area contributed by atoms with Gasteiger partial charge in [0, 0.05) is 26.9 Å². The third-order valence-corrected chi connectivity index (χ3v) is 2.01. The van der Waals surface area contributed by atoms with Crippen LogP contribution in [0.3, 0.4) is 0 Å². The van der Waals surface area contributed by atoms with Crippen LogP contribution in [-0.4, -0.2) is 64.2 Å². The number of carbonyl (C=O) groups is 1. The van der Waals surface area contributed by atoms with Crippen LogP contribution in [0.25, 0.3) is 0 Å². The summed E-state index contributed by atoms with van der Waals surface area (Å²) in [6.45, 7) is 3.40. The Morgan fingerprint density at radius 3 is 2.65 bits per heavy atom. The van der Waals surface area contributed by atoms with Crippen LogP contribution in [0.2, 0.25) is 0 Å². The summed E-state index contributed by atoms with van der Waals surface area (Å²) >= 11 is 0. The maximum absolute atomic E-state index is 11.3. The minimum atomic E-state index is -0.00243. The van der Waals surface area contributed by atoms with E-state index in [0.29, 0.717) is 32.9 Å². The first-order valence-corrected chi connectivity index (χ1v) is 5.96. The molecule has 6 heteroatoms. The molecule has 0 heterocycles. The summed E-state index contributed by atoms with van der Waals surface area (Å²) in [5, 5.41) is 14.3. The van der Waals surface area contributed by atoms with Gasteiger partial charge < -0.3 is 25.2 Å². The van der Waals surface area contributed by atoms with E-state index in [-0.39, 0.29) is 12.5 Å². The Kier molecular flexibility index (Phi) is 12.8. The highest BCUT2D eigenvalue weighted by molar-refractivity contribution is 5.77. The molecule has 0 atom stereocenters. The van der Waals surface area contributed by atoms with Crippen molar-refractivity contribution in [3.05, 3.63) is 0 Å². The van der Waals surface area contributed by atoms with E-state index in [2.05, 4.69) is 10.6 Å². The first-order chi connectivity index (χ1) is 8.31. The smallest absolute Gasteiger partial charge is 0.233 e. The van der Waals surface area contributed by atoms with Crippen LogP contribution in [0.15, 0.2) is 0 Å². The normalized spacial score (nSPS) is 10.5. The molecular formula is C11H24N2O4. The van der Waals surface area contributed by atoms with Crippen molar-refractivity contribution in [2.45, 2.75) is 12.8 Å². The fourth-order valence-electron chi connectivity index (χ4n) is 1.17. The van der Waals surface area contributed by atoms with Crippen LogP contribution in [0.4, 0.5) is 0 Å².